The monoisotopic (exact) mass is 537 g/mol. The van der Waals surface area contributed by atoms with Crippen molar-refractivity contribution in [1.29, 1.82) is 0 Å². The fourth-order valence-electron chi connectivity index (χ4n) is 4.67. The van der Waals surface area contributed by atoms with E-state index in [2.05, 4.69) is 10.4 Å². The van der Waals surface area contributed by atoms with Crippen molar-refractivity contribution in [1.82, 2.24) is 14.8 Å². The van der Waals surface area contributed by atoms with Crippen LogP contribution in [0.3, 0.4) is 0 Å². The molecule has 0 fully saturated rings. The van der Waals surface area contributed by atoms with E-state index in [0.717, 1.165) is 21.6 Å². The molecule has 10 heteroatoms. The number of aromatic nitrogens is 1. The quantitative estimate of drug-likeness (QED) is 0.369. The first-order chi connectivity index (χ1) is 17.7. The number of hydrogen-bond acceptors (Lipinski definition) is 6. The van der Waals surface area contributed by atoms with Crippen molar-refractivity contribution in [3.05, 3.63) is 99.3 Å². The molecular formula is C27H24ClN3O5S. The first kappa shape index (κ1) is 24.9. The average molecular weight is 538 g/mol. The Labute approximate surface area is 219 Å². The van der Waals surface area contributed by atoms with Crippen LogP contribution in [0.1, 0.15) is 17.2 Å². The number of pyridine rings is 1. The van der Waals surface area contributed by atoms with Crippen molar-refractivity contribution in [3.8, 4) is 22.6 Å². The van der Waals surface area contributed by atoms with Crippen LogP contribution in [0.25, 0.3) is 27.7 Å². The van der Waals surface area contributed by atoms with Gasteiger partial charge in [0.2, 0.25) is 10.0 Å². The molecule has 1 atom stereocenters. The Morgan fingerprint density at radius 2 is 1.70 bits per heavy atom. The predicted molar refractivity (Wildman–Crippen MR) is 145 cm³/mol. The Hall–Kier alpha value is -3.79. The van der Waals surface area contributed by atoms with Crippen LogP contribution >= 0.6 is 11.6 Å². The number of benzene rings is 3. The van der Waals surface area contributed by atoms with E-state index in [1.54, 1.807) is 42.5 Å². The highest BCUT2D eigenvalue weighted by atomic mass is 35.5. The summed E-state index contributed by atoms with van der Waals surface area (Å²) in [7, 11) is -0.784. The van der Waals surface area contributed by atoms with E-state index in [-0.39, 0.29) is 5.56 Å². The molecule has 0 bridgehead atoms. The number of sulfonamides is 1. The fraction of sp³-hybridized carbons (Fsp3) is 0.148. The Balaban J connectivity index is 1.80. The number of nitrogens with one attached hydrogen (secondary N) is 2. The van der Waals surface area contributed by atoms with Gasteiger partial charge in [0, 0.05) is 27.1 Å². The summed E-state index contributed by atoms with van der Waals surface area (Å²) in [6, 6.07) is 19.1. The molecular weight excluding hydrogens is 514 g/mol. The lowest BCUT2D eigenvalue weighted by Gasteiger charge is -2.25. The first-order valence-corrected chi connectivity index (χ1v) is 13.6. The SMILES string of the molecule is COc1cccc([C@@H]2C=C(c3c(-c4ccccc4)c4cc(Cl)ccc4[nH]c3=O)NN2S(C)(=O)=O)c1OC. The summed E-state index contributed by atoms with van der Waals surface area (Å²) < 4.78 is 37.9. The van der Waals surface area contributed by atoms with Gasteiger partial charge in [-0.25, -0.2) is 8.42 Å². The zero-order valence-corrected chi connectivity index (χ0v) is 21.9. The molecule has 3 aromatic carbocycles. The number of halogens is 1. The van der Waals surface area contributed by atoms with Crippen LogP contribution in [-0.4, -0.2) is 38.3 Å². The van der Waals surface area contributed by atoms with Gasteiger partial charge in [-0.2, -0.15) is 0 Å². The molecule has 5 rings (SSSR count). The number of fused-ring (bicyclic) bond motifs is 1. The highest BCUT2D eigenvalue weighted by Gasteiger charge is 2.37. The van der Waals surface area contributed by atoms with E-state index in [4.69, 9.17) is 21.1 Å². The van der Waals surface area contributed by atoms with Crippen molar-refractivity contribution in [2.45, 2.75) is 6.04 Å². The molecule has 2 heterocycles. The Bertz CT molecular complexity index is 1700. The second-order valence-corrected chi connectivity index (χ2v) is 10.8. The first-order valence-electron chi connectivity index (χ1n) is 11.3. The molecule has 0 saturated heterocycles. The van der Waals surface area contributed by atoms with Crippen molar-refractivity contribution >= 4 is 38.2 Å². The summed E-state index contributed by atoms with van der Waals surface area (Å²) in [5.41, 5.74) is 5.80. The van der Waals surface area contributed by atoms with Crippen molar-refractivity contribution in [3.63, 3.8) is 0 Å². The third-order valence-corrected chi connectivity index (χ3v) is 7.49. The summed E-state index contributed by atoms with van der Waals surface area (Å²) >= 11 is 6.34. The molecule has 0 unspecified atom stereocenters. The molecule has 0 saturated carbocycles. The largest absolute Gasteiger partial charge is 0.493 e. The smallest absolute Gasteiger partial charge is 0.258 e. The van der Waals surface area contributed by atoms with Crippen LogP contribution in [0.15, 0.2) is 77.6 Å². The van der Waals surface area contributed by atoms with Crippen LogP contribution in [0.2, 0.25) is 5.02 Å². The van der Waals surface area contributed by atoms with Gasteiger partial charge in [-0.05, 0) is 35.9 Å². The summed E-state index contributed by atoms with van der Waals surface area (Å²) in [6.07, 6.45) is 2.80. The number of para-hydroxylation sites is 1. The molecule has 0 radical (unpaired) electrons. The molecule has 2 N–H and O–H groups in total. The molecule has 1 aliphatic heterocycles. The summed E-state index contributed by atoms with van der Waals surface area (Å²) in [4.78, 5) is 16.5. The van der Waals surface area contributed by atoms with E-state index in [1.165, 1.54) is 14.2 Å². The van der Waals surface area contributed by atoms with Crippen LogP contribution < -0.4 is 20.5 Å². The van der Waals surface area contributed by atoms with E-state index in [9.17, 15) is 13.2 Å². The van der Waals surface area contributed by atoms with Crippen LogP contribution in [0.5, 0.6) is 11.5 Å². The number of hydrogen-bond donors (Lipinski definition) is 2. The molecule has 190 valence electrons. The third-order valence-electron chi connectivity index (χ3n) is 6.23. The molecule has 4 aromatic rings. The lowest BCUT2D eigenvalue weighted by Crippen LogP contribution is -2.39. The normalized spacial score (nSPS) is 15.9. The lowest BCUT2D eigenvalue weighted by molar-refractivity contribution is 0.323. The maximum absolute atomic E-state index is 13.5. The van der Waals surface area contributed by atoms with Gasteiger partial charge in [0.05, 0.1) is 37.8 Å². The van der Waals surface area contributed by atoms with E-state index in [0.29, 0.717) is 44.4 Å². The summed E-state index contributed by atoms with van der Waals surface area (Å²) in [5.74, 6) is 0.851. The number of ether oxygens (including phenoxy) is 2. The number of methoxy groups -OCH3 is 2. The van der Waals surface area contributed by atoms with Gasteiger partial charge in [0.25, 0.3) is 5.56 Å². The van der Waals surface area contributed by atoms with Crippen molar-refractivity contribution in [2.24, 2.45) is 0 Å². The number of nitrogens with zero attached hydrogens (tertiary/aromatic N) is 1. The van der Waals surface area contributed by atoms with Gasteiger partial charge < -0.3 is 19.9 Å². The Kier molecular flexibility index (Phi) is 6.45. The predicted octanol–water partition coefficient (Wildman–Crippen LogP) is 4.73. The molecule has 1 aromatic heterocycles. The number of hydrazine groups is 1. The van der Waals surface area contributed by atoms with E-state index < -0.39 is 16.1 Å². The zero-order chi connectivity index (χ0) is 26.3. The van der Waals surface area contributed by atoms with Crippen molar-refractivity contribution < 1.29 is 17.9 Å². The van der Waals surface area contributed by atoms with Gasteiger partial charge in [0.1, 0.15) is 0 Å². The molecule has 37 heavy (non-hydrogen) atoms. The number of rotatable bonds is 6. The molecule has 0 aliphatic carbocycles. The average Bonchev–Trinajstić information content (AvgIpc) is 3.33. The Morgan fingerprint density at radius 1 is 0.946 bits per heavy atom. The minimum absolute atomic E-state index is 0.291. The second kappa shape index (κ2) is 9.59. The van der Waals surface area contributed by atoms with E-state index >= 15 is 0 Å². The fourth-order valence-corrected chi connectivity index (χ4v) is 5.69. The minimum Gasteiger partial charge on any atom is -0.493 e. The maximum atomic E-state index is 13.5. The van der Waals surface area contributed by atoms with Gasteiger partial charge in [-0.3, -0.25) is 4.79 Å². The van der Waals surface area contributed by atoms with Crippen LogP contribution in [0.4, 0.5) is 0 Å². The zero-order valence-electron chi connectivity index (χ0n) is 20.3. The van der Waals surface area contributed by atoms with Crippen molar-refractivity contribution in [2.75, 3.05) is 20.5 Å². The number of aromatic amines is 1. The standard InChI is InChI=1S/C27H24ClN3O5S/c1-35-23-11-7-10-18(26(23)36-2)22-15-21(30-31(22)37(3,33)34)25-24(16-8-5-4-6-9-16)19-14-17(28)12-13-20(19)29-27(25)32/h4-15,22,30H,1-3H3,(H,29,32)/t22-/m0/s1. The van der Waals surface area contributed by atoms with Crippen LogP contribution in [0, 0.1) is 0 Å². The van der Waals surface area contributed by atoms with Gasteiger partial charge in [-0.1, -0.05) is 54.1 Å². The third kappa shape index (κ3) is 4.46. The van der Waals surface area contributed by atoms with Gasteiger partial charge >= 0.3 is 0 Å². The lowest BCUT2D eigenvalue weighted by atomic mass is 9.94. The second-order valence-electron chi connectivity index (χ2n) is 8.54. The maximum Gasteiger partial charge on any atom is 0.258 e. The summed E-state index contributed by atoms with van der Waals surface area (Å²) in [5, 5.41) is 1.23. The Morgan fingerprint density at radius 3 is 2.38 bits per heavy atom. The van der Waals surface area contributed by atoms with Crippen LogP contribution in [-0.2, 0) is 10.0 Å². The van der Waals surface area contributed by atoms with Gasteiger partial charge in [-0.15, -0.1) is 4.41 Å². The highest BCUT2D eigenvalue weighted by Crippen LogP contribution is 2.43. The molecule has 1 aliphatic rings. The summed E-state index contributed by atoms with van der Waals surface area (Å²) in [6.45, 7) is 0. The topological polar surface area (TPSA) is 101 Å². The van der Waals surface area contributed by atoms with Gasteiger partial charge in [0.15, 0.2) is 11.5 Å². The van der Waals surface area contributed by atoms with E-state index in [1.807, 2.05) is 30.3 Å². The number of H-pyrrole nitrogens is 1. The highest BCUT2D eigenvalue weighted by molar-refractivity contribution is 7.88. The molecule has 8 nitrogen and oxygen atoms in total. The minimum atomic E-state index is -3.78. The molecule has 0 amide bonds. The molecule has 0 spiro atoms.